The van der Waals surface area contributed by atoms with Gasteiger partial charge >= 0.3 is 0 Å². The molecule has 0 aromatic carbocycles. The first-order valence-electron chi connectivity index (χ1n) is 6.42. The standard InChI is InChI=1S/C15H15N3O2S2/c1-3-5-13(6-4-2)22(20)18-9-7-12(11-18)17-14(19)15-16-8-10-21-15/h3-11H,1H2,2H3,(H,17,19)/b6-4-,13-5+. The average molecular weight is 333 g/mol. The van der Waals surface area contributed by atoms with Crippen LogP contribution in [0.4, 0.5) is 5.69 Å². The van der Waals surface area contributed by atoms with E-state index in [1.165, 1.54) is 15.3 Å². The van der Waals surface area contributed by atoms with Crippen molar-refractivity contribution in [3.63, 3.8) is 0 Å². The molecule has 2 aromatic rings. The summed E-state index contributed by atoms with van der Waals surface area (Å²) in [5.41, 5.74) is 0.562. The first-order chi connectivity index (χ1) is 10.7. The summed E-state index contributed by atoms with van der Waals surface area (Å²) in [7, 11) is -1.40. The van der Waals surface area contributed by atoms with Crippen molar-refractivity contribution in [2.75, 3.05) is 5.32 Å². The summed E-state index contributed by atoms with van der Waals surface area (Å²) < 4.78 is 14.0. The number of nitrogens with one attached hydrogen (secondary N) is 1. The maximum absolute atomic E-state index is 12.4. The van der Waals surface area contributed by atoms with E-state index in [9.17, 15) is 9.00 Å². The number of hydrogen-bond donors (Lipinski definition) is 1. The number of allylic oxidation sites excluding steroid dienone is 4. The number of nitrogens with zero attached hydrogens (tertiary/aromatic N) is 2. The van der Waals surface area contributed by atoms with Crippen LogP contribution in [0.2, 0.25) is 0 Å². The Labute approximate surface area is 135 Å². The Morgan fingerprint density at radius 2 is 2.36 bits per heavy atom. The molecule has 1 unspecified atom stereocenters. The van der Waals surface area contributed by atoms with Crippen LogP contribution in [-0.2, 0) is 11.0 Å². The van der Waals surface area contributed by atoms with Crippen molar-refractivity contribution in [2.24, 2.45) is 0 Å². The van der Waals surface area contributed by atoms with Crippen molar-refractivity contribution in [1.82, 2.24) is 8.96 Å². The number of amides is 1. The highest BCUT2D eigenvalue weighted by molar-refractivity contribution is 7.87. The summed E-state index contributed by atoms with van der Waals surface area (Å²) in [6, 6.07) is 1.69. The van der Waals surface area contributed by atoms with E-state index in [-0.39, 0.29) is 5.91 Å². The lowest BCUT2D eigenvalue weighted by atomic mass is 10.4. The van der Waals surface area contributed by atoms with Gasteiger partial charge in [-0.3, -0.25) is 8.77 Å². The number of anilines is 1. The Kier molecular flexibility index (Phi) is 5.62. The molecule has 2 heterocycles. The second-order valence-electron chi connectivity index (χ2n) is 4.11. The van der Waals surface area contributed by atoms with Crippen LogP contribution < -0.4 is 5.32 Å². The third kappa shape index (κ3) is 3.90. The van der Waals surface area contributed by atoms with Gasteiger partial charge in [0.1, 0.15) is 0 Å². The van der Waals surface area contributed by atoms with Gasteiger partial charge in [-0.05, 0) is 25.1 Å². The molecule has 1 N–H and O–H groups in total. The average Bonchev–Trinajstić information content (AvgIpc) is 3.17. The van der Waals surface area contributed by atoms with Gasteiger partial charge in [0.05, 0.1) is 10.6 Å². The minimum Gasteiger partial charge on any atom is -0.319 e. The quantitative estimate of drug-likeness (QED) is 0.825. The molecule has 0 aliphatic heterocycles. The molecule has 0 saturated carbocycles. The molecule has 0 bridgehead atoms. The minimum atomic E-state index is -1.40. The van der Waals surface area contributed by atoms with Gasteiger partial charge in [-0.25, -0.2) is 9.19 Å². The van der Waals surface area contributed by atoms with Crippen molar-refractivity contribution in [3.05, 3.63) is 70.8 Å². The lowest BCUT2D eigenvalue weighted by Gasteiger charge is -2.03. The minimum absolute atomic E-state index is 0.283. The number of thiazole rings is 1. The van der Waals surface area contributed by atoms with Crippen LogP contribution in [0.25, 0.3) is 0 Å². The Hall–Kier alpha value is -2.25. The Morgan fingerprint density at radius 1 is 1.55 bits per heavy atom. The fourth-order valence-electron chi connectivity index (χ4n) is 1.65. The fraction of sp³-hybridized carbons (Fsp3) is 0.0667. The number of carbonyl (C=O) groups excluding carboxylic acids is 1. The zero-order valence-electron chi connectivity index (χ0n) is 11.9. The first-order valence-corrected chi connectivity index (χ1v) is 8.41. The van der Waals surface area contributed by atoms with Crippen LogP contribution in [0.3, 0.4) is 0 Å². The molecule has 114 valence electrons. The van der Waals surface area contributed by atoms with Crippen LogP contribution in [0.15, 0.2) is 65.8 Å². The van der Waals surface area contributed by atoms with Crippen LogP contribution in [0.5, 0.6) is 0 Å². The first kappa shape index (κ1) is 16.1. The molecule has 0 saturated heterocycles. The maximum atomic E-state index is 12.4. The summed E-state index contributed by atoms with van der Waals surface area (Å²) in [4.78, 5) is 16.5. The maximum Gasteiger partial charge on any atom is 0.284 e. The fourth-order valence-corrected chi connectivity index (χ4v) is 3.27. The highest BCUT2D eigenvalue weighted by Crippen LogP contribution is 2.15. The third-order valence-corrected chi connectivity index (χ3v) is 4.62. The van der Waals surface area contributed by atoms with Gasteiger partial charge in [0.2, 0.25) is 0 Å². The normalized spacial score (nSPS) is 13.2. The largest absolute Gasteiger partial charge is 0.319 e. The van der Waals surface area contributed by atoms with Crippen molar-refractivity contribution in [2.45, 2.75) is 6.92 Å². The monoisotopic (exact) mass is 333 g/mol. The zero-order chi connectivity index (χ0) is 15.9. The predicted molar refractivity (Wildman–Crippen MR) is 91.1 cm³/mol. The molecule has 22 heavy (non-hydrogen) atoms. The van der Waals surface area contributed by atoms with Gasteiger partial charge in [-0.1, -0.05) is 18.7 Å². The SMILES string of the molecule is C=C/C=C(\C=C/C)S(=O)n1ccc(NC(=O)c2nccs2)c1. The molecule has 0 aliphatic carbocycles. The smallest absolute Gasteiger partial charge is 0.284 e. The lowest BCUT2D eigenvalue weighted by molar-refractivity contribution is 0.102. The van der Waals surface area contributed by atoms with Crippen molar-refractivity contribution in [3.8, 4) is 0 Å². The Balaban J connectivity index is 2.14. The van der Waals surface area contributed by atoms with Gasteiger partial charge in [0.15, 0.2) is 16.0 Å². The molecule has 1 amide bonds. The number of aromatic nitrogens is 2. The predicted octanol–water partition coefficient (Wildman–Crippen LogP) is 3.35. The topological polar surface area (TPSA) is 64.0 Å². The number of hydrogen-bond acceptors (Lipinski definition) is 4. The molecule has 5 nitrogen and oxygen atoms in total. The van der Waals surface area contributed by atoms with Crippen molar-refractivity contribution < 1.29 is 9.00 Å². The van der Waals surface area contributed by atoms with E-state index in [2.05, 4.69) is 16.9 Å². The molecular weight excluding hydrogens is 318 g/mol. The molecule has 1 atom stereocenters. The van der Waals surface area contributed by atoms with Crippen LogP contribution >= 0.6 is 11.3 Å². The van der Waals surface area contributed by atoms with Crippen LogP contribution in [0, 0.1) is 0 Å². The summed E-state index contributed by atoms with van der Waals surface area (Å²) in [6.07, 6.45) is 11.7. The summed E-state index contributed by atoms with van der Waals surface area (Å²) in [5, 5.41) is 4.84. The molecule has 0 radical (unpaired) electrons. The van der Waals surface area contributed by atoms with Crippen molar-refractivity contribution >= 4 is 33.9 Å². The molecule has 2 aromatic heterocycles. The molecule has 0 spiro atoms. The Morgan fingerprint density at radius 3 is 3.00 bits per heavy atom. The van der Waals surface area contributed by atoms with E-state index in [1.54, 1.807) is 48.3 Å². The molecule has 2 rings (SSSR count). The second-order valence-corrected chi connectivity index (χ2v) is 6.39. The Bertz CT molecular complexity index is 743. The number of rotatable bonds is 6. The van der Waals surface area contributed by atoms with Gasteiger partial charge in [0, 0.05) is 24.0 Å². The van der Waals surface area contributed by atoms with Gasteiger partial charge in [0.25, 0.3) is 5.91 Å². The van der Waals surface area contributed by atoms with E-state index >= 15 is 0 Å². The zero-order valence-corrected chi connectivity index (χ0v) is 13.6. The van der Waals surface area contributed by atoms with E-state index in [1.807, 2.05) is 13.0 Å². The van der Waals surface area contributed by atoms with E-state index < -0.39 is 11.0 Å². The van der Waals surface area contributed by atoms with Gasteiger partial charge in [-0.15, -0.1) is 11.3 Å². The van der Waals surface area contributed by atoms with Gasteiger partial charge in [-0.2, -0.15) is 0 Å². The van der Waals surface area contributed by atoms with Crippen LogP contribution in [0.1, 0.15) is 16.7 Å². The molecule has 0 aliphatic rings. The highest BCUT2D eigenvalue weighted by Gasteiger charge is 2.11. The summed E-state index contributed by atoms with van der Waals surface area (Å²) in [6.45, 7) is 5.47. The van der Waals surface area contributed by atoms with E-state index in [4.69, 9.17) is 0 Å². The summed E-state index contributed by atoms with van der Waals surface area (Å²) in [5.74, 6) is -0.283. The second kappa shape index (κ2) is 7.67. The van der Waals surface area contributed by atoms with E-state index in [0.717, 1.165) is 0 Å². The highest BCUT2D eigenvalue weighted by atomic mass is 32.2. The van der Waals surface area contributed by atoms with Crippen LogP contribution in [-0.4, -0.2) is 19.1 Å². The number of carbonyl (C=O) groups is 1. The molecule has 0 fully saturated rings. The molecule has 7 heteroatoms. The summed E-state index contributed by atoms with van der Waals surface area (Å²) >= 11 is 1.26. The lowest BCUT2D eigenvalue weighted by Crippen LogP contribution is -2.11. The van der Waals surface area contributed by atoms with Gasteiger partial charge < -0.3 is 5.32 Å². The third-order valence-electron chi connectivity index (χ3n) is 2.56. The van der Waals surface area contributed by atoms with Crippen molar-refractivity contribution in [1.29, 1.82) is 0 Å². The van der Waals surface area contributed by atoms with E-state index in [0.29, 0.717) is 15.6 Å². The molecular formula is C15H15N3O2S2.